The molecule has 0 radical (unpaired) electrons. The van der Waals surface area contributed by atoms with E-state index in [0.29, 0.717) is 18.4 Å². The summed E-state index contributed by atoms with van der Waals surface area (Å²) in [6.45, 7) is 5.52. The van der Waals surface area contributed by atoms with E-state index in [-0.39, 0.29) is 0 Å². The Morgan fingerprint density at radius 1 is 1.28 bits per heavy atom. The molecule has 0 aromatic heterocycles. The van der Waals surface area contributed by atoms with Gasteiger partial charge in [-0.1, -0.05) is 26.0 Å². The Bertz CT molecular complexity index is 414. The van der Waals surface area contributed by atoms with E-state index in [0.717, 1.165) is 13.0 Å². The monoisotopic (exact) mass is 242 g/mol. The minimum absolute atomic E-state index is 0.411. The lowest BCUT2D eigenvalue weighted by Gasteiger charge is -2.36. The smallest absolute Gasteiger partial charge is 0.0643 e. The molecule has 1 aromatic rings. The quantitative estimate of drug-likeness (QED) is 0.798. The Labute approximate surface area is 110 Å². The molecule has 18 heavy (non-hydrogen) atoms. The van der Waals surface area contributed by atoms with Crippen LogP contribution in [0.4, 0.5) is 5.69 Å². The van der Waals surface area contributed by atoms with Crippen LogP contribution in [0.5, 0.6) is 0 Å². The summed E-state index contributed by atoms with van der Waals surface area (Å²) in [6, 6.07) is 11.6. The molecule has 1 aliphatic heterocycles. The minimum Gasteiger partial charge on any atom is -0.368 e. The summed E-state index contributed by atoms with van der Waals surface area (Å²) >= 11 is 0. The van der Waals surface area contributed by atoms with E-state index in [1.165, 1.54) is 24.1 Å². The number of nitriles is 1. The van der Waals surface area contributed by atoms with E-state index in [1.807, 2.05) is 0 Å². The molecule has 2 heteroatoms. The fourth-order valence-electron chi connectivity index (χ4n) is 2.71. The van der Waals surface area contributed by atoms with Crippen molar-refractivity contribution in [2.45, 2.75) is 51.5 Å². The zero-order valence-electron chi connectivity index (χ0n) is 11.4. The predicted molar refractivity (Wildman–Crippen MR) is 75.7 cm³/mol. The molecule has 0 N–H and O–H groups in total. The molecule has 2 rings (SSSR count). The molecule has 1 aromatic carbocycles. The third-order valence-electron chi connectivity index (χ3n) is 3.85. The van der Waals surface area contributed by atoms with Crippen LogP contribution >= 0.6 is 0 Å². The Morgan fingerprint density at radius 2 is 2.00 bits per heavy atom. The SMILES string of the molecule is CC(C)c1ccc(N2CCCCC2CC#N)cc1. The molecule has 1 unspecified atom stereocenters. The van der Waals surface area contributed by atoms with Gasteiger partial charge in [0.1, 0.15) is 0 Å². The minimum atomic E-state index is 0.411. The Kier molecular flexibility index (Phi) is 4.25. The van der Waals surface area contributed by atoms with Gasteiger partial charge in [-0.25, -0.2) is 0 Å². The first-order valence-corrected chi connectivity index (χ1v) is 6.96. The molecule has 1 fully saturated rings. The molecular weight excluding hydrogens is 220 g/mol. The molecule has 1 heterocycles. The summed E-state index contributed by atoms with van der Waals surface area (Å²) in [4.78, 5) is 2.41. The standard InChI is InChI=1S/C16H22N2/c1-13(2)14-6-8-16(9-7-14)18-12-4-3-5-15(18)10-11-17/h6-9,13,15H,3-5,10,12H2,1-2H3. The van der Waals surface area contributed by atoms with Gasteiger partial charge in [-0.2, -0.15) is 5.26 Å². The third-order valence-corrected chi connectivity index (χ3v) is 3.85. The highest BCUT2D eigenvalue weighted by atomic mass is 15.2. The lowest BCUT2D eigenvalue weighted by Crippen LogP contribution is -2.39. The Balaban J connectivity index is 2.15. The van der Waals surface area contributed by atoms with Gasteiger partial charge in [-0.3, -0.25) is 0 Å². The van der Waals surface area contributed by atoms with E-state index in [1.54, 1.807) is 0 Å². The second-order valence-corrected chi connectivity index (χ2v) is 5.45. The zero-order chi connectivity index (χ0) is 13.0. The molecule has 2 nitrogen and oxygen atoms in total. The fraction of sp³-hybridized carbons (Fsp3) is 0.562. The Morgan fingerprint density at radius 3 is 2.61 bits per heavy atom. The molecule has 0 bridgehead atoms. The molecule has 0 saturated carbocycles. The molecule has 0 amide bonds. The first kappa shape index (κ1) is 13.0. The van der Waals surface area contributed by atoms with Crippen molar-refractivity contribution in [3.8, 4) is 6.07 Å². The molecule has 1 saturated heterocycles. The van der Waals surface area contributed by atoms with Gasteiger partial charge >= 0.3 is 0 Å². The summed E-state index contributed by atoms with van der Waals surface area (Å²) in [5.74, 6) is 0.579. The number of nitrogens with zero attached hydrogens (tertiary/aromatic N) is 2. The normalized spacial score (nSPS) is 19.9. The maximum Gasteiger partial charge on any atom is 0.0643 e. The van der Waals surface area contributed by atoms with Crippen LogP contribution in [-0.2, 0) is 0 Å². The van der Waals surface area contributed by atoms with Crippen LogP contribution in [0.1, 0.15) is 51.0 Å². The number of benzene rings is 1. The van der Waals surface area contributed by atoms with Crippen molar-refractivity contribution in [3.05, 3.63) is 29.8 Å². The van der Waals surface area contributed by atoms with Crippen molar-refractivity contribution < 1.29 is 0 Å². The second kappa shape index (κ2) is 5.91. The van der Waals surface area contributed by atoms with Crippen LogP contribution < -0.4 is 4.90 Å². The van der Waals surface area contributed by atoms with Crippen LogP contribution in [-0.4, -0.2) is 12.6 Å². The van der Waals surface area contributed by atoms with Crippen molar-refractivity contribution in [1.29, 1.82) is 5.26 Å². The summed E-state index contributed by atoms with van der Waals surface area (Å²) < 4.78 is 0. The van der Waals surface area contributed by atoms with Gasteiger partial charge in [-0.15, -0.1) is 0 Å². The van der Waals surface area contributed by atoms with E-state index >= 15 is 0 Å². The van der Waals surface area contributed by atoms with Crippen LogP contribution in [0.25, 0.3) is 0 Å². The van der Waals surface area contributed by atoms with Gasteiger partial charge < -0.3 is 4.90 Å². The van der Waals surface area contributed by atoms with Crippen molar-refractivity contribution in [2.24, 2.45) is 0 Å². The van der Waals surface area contributed by atoms with Gasteiger partial charge in [0.25, 0.3) is 0 Å². The van der Waals surface area contributed by atoms with Crippen LogP contribution in [0.3, 0.4) is 0 Å². The summed E-state index contributed by atoms with van der Waals surface area (Å²) in [7, 11) is 0. The van der Waals surface area contributed by atoms with Gasteiger partial charge in [0.2, 0.25) is 0 Å². The largest absolute Gasteiger partial charge is 0.368 e. The first-order chi connectivity index (χ1) is 8.72. The Hall–Kier alpha value is -1.49. The predicted octanol–water partition coefficient (Wildman–Crippen LogP) is 4.08. The van der Waals surface area contributed by atoms with E-state index in [4.69, 9.17) is 5.26 Å². The molecule has 96 valence electrons. The number of rotatable bonds is 3. The molecular formula is C16H22N2. The molecule has 0 spiro atoms. The molecule has 1 aliphatic rings. The van der Waals surface area contributed by atoms with Gasteiger partial charge in [0.05, 0.1) is 12.5 Å². The van der Waals surface area contributed by atoms with Crippen molar-refractivity contribution in [2.75, 3.05) is 11.4 Å². The maximum atomic E-state index is 8.92. The number of piperidine rings is 1. The highest BCUT2D eigenvalue weighted by molar-refractivity contribution is 5.49. The average Bonchev–Trinajstić information content (AvgIpc) is 2.40. The van der Waals surface area contributed by atoms with Crippen LogP contribution in [0.2, 0.25) is 0 Å². The third kappa shape index (κ3) is 2.85. The number of hydrogen-bond donors (Lipinski definition) is 0. The van der Waals surface area contributed by atoms with Gasteiger partial charge in [0.15, 0.2) is 0 Å². The number of hydrogen-bond acceptors (Lipinski definition) is 2. The second-order valence-electron chi connectivity index (χ2n) is 5.45. The van der Waals surface area contributed by atoms with E-state index in [2.05, 4.69) is 49.1 Å². The lowest BCUT2D eigenvalue weighted by atomic mass is 9.98. The van der Waals surface area contributed by atoms with Crippen molar-refractivity contribution >= 4 is 5.69 Å². The van der Waals surface area contributed by atoms with Crippen LogP contribution in [0.15, 0.2) is 24.3 Å². The highest BCUT2D eigenvalue weighted by Gasteiger charge is 2.22. The fourth-order valence-corrected chi connectivity index (χ4v) is 2.71. The van der Waals surface area contributed by atoms with E-state index < -0.39 is 0 Å². The lowest BCUT2D eigenvalue weighted by molar-refractivity contribution is 0.464. The average molecular weight is 242 g/mol. The molecule has 0 aliphatic carbocycles. The van der Waals surface area contributed by atoms with E-state index in [9.17, 15) is 0 Å². The summed E-state index contributed by atoms with van der Waals surface area (Å²) in [6.07, 6.45) is 4.30. The number of anilines is 1. The summed E-state index contributed by atoms with van der Waals surface area (Å²) in [5.41, 5.74) is 2.66. The van der Waals surface area contributed by atoms with Gasteiger partial charge in [0, 0.05) is 18.3 Å². The highest BCUT2D eigenvalue weighted by Crippen LogP contribution is 2.27. The zero-order valence-corrected chi connectivity index (χ0v) is 11.4. The van der Waals surface area contributed by atoms with Crippen LogP contribution in [0, 0.1) is 11.3 Å². The topological polar surface area (TPSA) is 27.0 Å². The first-order valence-electron chi connectivity index (χ1n) is 6.96. The molecule has 1 atom stereocenters. The van der Waals surface area contributed by atoms with Crippen molar-refractivity contribution in [3.63, 3.8) is 0 Å². The van der Waals surface area contributed by atoms with Gasteiger partial charge in [-0.05, 0) is 42.9 Å². The van der Waals surface area contributed by atoms with Crippen molar-refractivity contribution in [1.82, 2.24) is 0 Å². The summed E-state index contributed by atoms with van der Waals surface area (Å²) in [5, 5.41) is 8.92. The maximum absolute atomic E-state index is 8.92.